The summed E-state index contributed by atoms with van der Waals surface area (Å²) in [5, 5.41) is 7.75. The number of rotatable bonds is 6. The molecular formula is C11H20N. The van der Waals surface area contributed by atoms with Crippen molar-refractivity contribution in [3.8, 4) is 0 Å². The molecule has 12 heavy (non-hydrogen) atoms. The Bertz CT molecular complexity index is 136. The highest BCUT2D eigenvalue weighted by atomic mass is 14.5. The van der Waals surface area contributed by atoms with Gasteiger partial charge in [-0.2, -0.15) is 0 Å². The molecule has 0 aromatic rings. The highest BCUT2D eigenvalue weighted by Crippen LogP contribution is 2.27. The Kier molecular flexibility index (Phi) is 4.34. The second-order valence-electron chi connectivity index (χ2n) is 3.76. The van der Waals surface area contributed by atoms with Crippen molar-refractivity contribution in [2.45, 2.75) is 51.9 Å². The molecule has 1 N–H and O–H groups in total. The topological polar surface area (TPSA) is 23.9 Å². The molecule has 69 valence electrons. The SMILES string of the molecule is CCCCCCC(=N)C1[CH]CC1. The van der Waals surface area contributed by atoms with E-state index in [1.165, 1.54) is 38.5 Å². The number of hydrogen-bond donors (Lipinski definition) is 1. The summed E-state index contributed by atoms with van der Waals surface area (Å²) in [4.78, 5) is 0. The molecule has 0 aromatic heterocycles. The molecule has 1 rings (SSSR count). The fourth-order valence-corrected chi connectivity index (χ4v) is 1.58. The van der Waals surface area contributed by atoms with Gasteiger partial charge in [0.2, 0.25) is 0 Å². The van der Waals surface area contributed by atoms with Crippen LogP contribution in [0.15, 0.2) is 0 Å². The summed E-state index contributed by atoms with van der Waals surface area (Å²) < 4.78 is 0. The van der Waals surface area contributed by atoms with E-state index in [1.54, 1.807) is 0 Å². The van der Waals surface area contributed by atoms with Crippen molar-refractivity contribution < 1.29 is 0 Å². The first-order chi connectivity index (χ1) is 5.84. The Morgan fingerprint density at radius 3 is 2.67 bits per heavy atom. The van der Waals surface area contributed by atoms with Crippen LogP contribution in [0.3, 0.4) is 0 Å². The molecular weight excluding hydrogens is 146 g/mol. The van der Waals surface area contributed by atoms with Gasteiger partial charge in [0.05, 0.1) is 0 Å². The summed E-state index contributed by atoms with van der Waals surface area (Å²) >= 11 is 0. The molecule has 0 spiro atoms. The van der Waals surface area contributed by atoms with E-state index < -0.39 is 0 Å². The Labute approximate surface area is 76.1 Å². The van der Waals surface area contributed by atoms with E-state index >= 15 is 0 Å². The maximum atomic E-state index is 7.75. The lowest BCUT2D eigenvalue weighted by atomic mass is 9.80. The molecule has 1 unspecified atom stereocenters. The number of nitrogens with one attached hydrogen (secondary N) is 1. The fourth-order valence-electron chi connectivity index (χ4n) is 1.58. The lowest BCUT2D eigenvalue weighted by Gasteiger charge is -2.25. The largest absolute Gasteiger partial charge is 0.309 e. The standard InChI is InChI=1S/C11H20N/c1-2-3-4-5-9-11(12)10-7-6-8-10/h7,10,12H,2-6,8-9H2,1H3. The average Bonchev–Trinajstić information content (AvgIpc) is 1.95. The predicted octanol–water partition coefficient (Wildman–Crippen LogP) is 3.59. The summed E-state index contributed by atoms with van der Waals surface area (Å²) in [6, 6.07) is 0. The first-order valence-electron chi connectivity index (χ1n) is 5.25. The van der Waals surface area contributed by atoms with Gasteiger partial charge in [0.15, 0.2) is 0 Å². The van der Waals surface area contributed by atoms with Crippen LogP contribution in [-0.4, -0.2) is 5.71 Å². The zero-order valence-electron chi connectivity index (χ0n) is 8.10. The van der Waals surface area contributed by atoms with E-state index in [2.05, 4.69) is 13.3 Å². The second-order valence-corrected chi connectivity index (χ2v) is 3.76. The molecule has 1 saturated carbocycles. The Morgan fingerprint density at radius 2 is 2.17 bits per heavy atom. The minimum absolute atomic E-state index is 0.562. The first-order valence-corrected chi connectivity index (χ1v) is 5.25. The zero-order valence-corrected chi connectivity index (χ0v) is 8.10. The van der Waals surface area contributed by atoms with Crippen LogP contribution < -0.4 is 0 Å². The van der Waals surface area contributed by atoms with Gasteiger partial charge < -0.3 is 5.41 Å². The van der Waals surface area contributed by atoms with E-state index in [9.17, 15) is 0 Å². The Hall–Kier alpha value is -0.330. The van der Waals surface area contributed by atoms with Gasteiger partial charge in [-0.15, -0.1) is 0 Å². The second kappa shape index (κ2) is 5.34. The summed E-state index contributed by atoms with van der Waals surface area (Å²) in [6.45, 7) is 2.23. The van der Waals surface area contributed by atoms with Gasteiger partial charge in [-0.3, -0.25) is 0 Å². The van der Waals surface area contributed by atoms with E-state index in [-0.39, 0.29) is 0 Å². The van der Waals surface area contributed by atoms with E-state index in [1.807, 2.05) is 0 Å². The van der Waals surface area contributed by atoms with Crippen LogP contribution in [0.1, 0.15) is 51.9 Å². The Balaban J connectivity index is 1.94. The lowest BCUT2D eigenvalue weighted by molar-refractivity contribution is 0.535. The molecule has 1 heteroatoms. The van der Waals surface area contributed by atoms with Crippen LogP contribution in [0.4, 0.5) is 0 Å². The van der Waals surface area contributed by atoms with Gasteiger partial charge in [-0.25, -0.2) is 0 Å². The Morgan fingerprint density at radius 1 is 1.42 bits per heavy atom. The molecule has 1 atom stereocenters. The monoisotopic (exact) mass is 166 g/mol. The molecule has 0 bridgehead atoms. The summed E-state index contributed by atoms with van der Waals surface area (Å²) in [5.74, 6) is 0.562. The van der Waals surface area contributed by atoms with Crippen molar-refractivity contribution in [2.24, 2.45) is 5.92 Å². The summed E-state index contributed by atoms with van der Waals surface area (Å²) in [6.07, 6.45) is 11.0. The quantitative estimate of drug-likeness (QED) is 0.460. The van der Waals surface area contributed by atoms with Crippen molar-refractivity contribution in [1.29, 1.82) is 5.41 Å². The third-order valence-electron chi connectivity index (χ3n) is 2.68. The molecule has 0 aliphatic heterocycles. The van der Waals surface area contributed by atoms with Crippen molar-refractivity contribution in [3.05, 3.63) is 6.42 Å². The summed E-state index contributed by atoms with van der Waals surface area (Å²) in [5.41, 5.74) is 0.984. The van der Waals surface area contributed by atoms with Gasteiger partial charge >= 0.3 is 0 Å². The first kappa shape index (κ1) is 9.76. The van der Waals surface area contributed by atoms with Crippen molar-refractivity contribution in [2.75, 3.05) is 0 Å². The third kappa shape index (κ3) is 2.96. The van der Waals surface area contributed by atoms with Crippen molar-refractivity contribution in [3.63, 3.8) is 0 Å². The molecule has 1 aliphatic rings. The highest BCUT2D eigenvalue weighted by molar-refractivity contribution is 5.85. The minimum atomic E-state index is 0.562. The number of hydrogen-bond acceptors (Lipinski definition) is 1. The molecule has 0 saturated heterocycles. The van der Waals surface area contributed by atoms with Gasteiger partial charge in [-0.05, 0) is 38.0 Å². The lowest BCUT2D eigenvalue weighted by Crippen LogP contribution is -2.21. The van der Waals surface area contributed by atoms with E-state index in [0.29, 0.717) is 5.92 Å². The normalized spacial score (nSPS) is 17.4. The van der Waals surface area contributed by atoms with Crippen molar-refractivity contribution in [1.82, 2.24) is 0 Å². The summed E-state index contributed by atoms with van der Waals surface area (Å²) in [7, 11) is 0. The van der Waals surface area contributed by atoms with E-state index in [0.717, 1.165) is 12.1 Å². The van der Waals surface area contributed by atoms with Crippen LogP contribution in [0, 0.1) is 17.7 Å². The predicted molar refractivity (Wildman–Crippen MR) is 53.5 cm³/mol. The molecule has 1 radical (unpaired) electrons. The average molecular weight is 166 g/mol. The molecule has 1 fully saturated rings. The third-order valence-corrected chi connectivity index (χ3v) is 2.68. The molecule has 1 aliphatic carbocycles. The van der Waals surface area contributed by atoms with Gasteiger partial charge in [0, 0.05) is 5.71 Å². The maximum Gasteiger partial charge on any atom is 0.0123 e. The van der Waals surface area contributed by atoms with Crippen LogP contribution in [0.5, 0.6) is 0 Å². The van der Waals surface area contributed by atoms with Crippen LogP contribution in [0.25, 0.3) is 0 Å². The van der Waals surface area contributed by atoms with Crippen LogP contribution in [0.2, 0.25) is 0 Å². The van der Waals surface area contributed by atoms with Crippen molar-refractivity contribution >= 4 is 5.71 Å². The fraction of sp³-hybridized carbons (Fsp3) is 0.818. The van der Waals surface area contributed by atoms with Crippen LogP contribution >= 0.6 is 0 Å². The number of unbranched alkanes of at least 4 members (excludes halogenated alkanes) is 3. The maximum absolute atomic E-state index is 7.75. The van der Waals surface area contributed by atoms with E-state index in [4.69, 9.17) is 5.41 Å². The zero-order chi connectivity index (χ0) is 8.81. The minimum Gasteiger partial charge on any atom is -0.309 e. The highest BCUT2D eigenvalue weighted by Gasteiger charge is 2.21. The molecule has 0 aromatic carbocycles. The molecule has 0 amide bonds. The van der Waals surface area contributed by atoms with Gasteiger partial charge in [0.1, 0.15) is 0 Å². The van der Waals surface area contributed by atoms with Crippen LogP contribution in [-0.2, 0) is 0 Å². The smallest absolute Gasteiger partial charge is 0.0123 e. The molecule has 0 heterocycles. The van der Waals surface area contributed by atoms with Gasteiger partial charge in [0.25, 0.3) is 0 Å². The molecule has 1 nitrogen and oxygen atoms in total. The van der Waals surface area contributed by atoms with Gasteiger partial charge in [-0.1, -0.05) is 26.2 Å².